The van der Waals surface area contributed by atoms with Gasteiger partial charge in [-0.15, -0.1) is 10.2 Å². The van der Waals surface area contributed by atoms with Gasteiger partial charge in [0.05, 0.1) is 12.2 Å². The van der Waals surface area contributed by atoms with Gasteiger partial charge in [0.1, 0.15) is 12.2 Å². The molecule has 0 spiro atoms. The van der Waals surface area contributed by atoms with Gasteiger partial charge < -0.3 is 14.0 Å². The summed E-state index contributed by atoms with van der Waals surface area (Å²) in [6, 6.07) is 0. The van der Waals surface area contributed by atoms with Gasteiger partial charge in [0.25, 0.3) is 0 Å². The van der Waals surface area contributed by atoms with Crippen molar-refractivity contribution in [1.82, 2.24) is 14.8 Å². The number of hydrogen-bond acceptors (Lipinski definition) is 4. The standard InChI is InChI=1S/C11H19N3O2/c1-15-7-6-14-9-12-13-10(14)8-11(16-2)4-3-5-11/h9H,3-8H2,1-2H3. The second kappa shape index (κ2) is 4.93. The zero-order valence-electron chi connectivity index (χ0n) is 9.98. The molecule has 1 aromatic heterocycles. The molecule has 90 valence electrons. The topological polar surface area (TPSA) is 49.2 Å². The summed E-state index contributed by atoms with van der Waals surface area (Å²) in [6.07, 6.45) is 6.12. The van der Waals surface area contributed by atoms with E-state index >= 15 is 0 Å². The van der Waals surface area contributed by atoms with Crippen LogP contribution in [0, 0.1) is 0 Å². The monoisotopic (exact) mass is 225 g/mol. The van der Waals surface area contributed by atoms with E-state index in [1.165, 1.54) is 6.42 Å². The fraction of sp³-hybridized carbons (Fsp3) is 0.818. The van der Waals surface area contributed by atoms with Crippen molar-refractivity contribution in [2.75, 3.05) is 20.8 Å². The van der Waals surface area contributed by atoms with Crippen LogP contribution in [0.15, 0.2) is 6.33 Å². The maximum Gasteiger partial charge on any atom is 0.135 e. The second-order valence-corrected chi connectivity index (χ2v) is 4.35. The molecule has 0 radical (unpaired) electrons. The average molecular weight is 225 g/mol. The van der Waals surface area contributed by atoms with Gasteiger partial charge in [-0.05, 0) is 19.3 Å². The highest BCUT2D eigenvalue weighted by atomic mass is 16.5. The third-order valence-electron chi connectivity index (χ3n) is 3.41. The molecule has 0 aliphatic heterocycles. The highest BCUT2D eigenvalue weighted by molar-refractivity contribution is 5.00. The molecule has 1 aliphatic rings. The summed E-state index contributed by atoms with van der Waals surface area (Å²) in [7, 11) is 3.49. The molecule has 5 nitrogen and oxygen atoms in total. The quantitative estimate of drug-likeness (QED) is 0.725. The van der Waals surface area contributed by atoms with Crippen molar-refractivity contribution in [3.8, 4) is 0 Å². The van der Waals surface area contributed by atoms with Crippen LogP contribution >= 0.6 is 0 Å². The van der Waals surface area contributed by atoms with E-state index in [1.54, 1.807) is 20.5 Å². The second-order valence-electron chi connectivity index (χ2n) is 4.35. The first-order chi connectivity index (χ1) is 7.79. The van der Waals surface area contributed by atoms with E-state index in [-0.39, 0.29) is 5.60 Å². The van der Waals surface area contributed by atoms with Crippen molar-refractivity contribution in [2.45, 2.75) is 37.8 Å². The van der Waals surface area contributed by atoms with Gasteiger partial charge in [-0.3, -0.25) is 0 Å². The van der Waals surface area contributed by atoms with E-state index in [1.807, 2.05) is 4.57 Å². The average Bonchev–Trinajstić information content (AvgIpc) is 2.68. The van der Waals surface area contributed by atoms with Gasteiger partial charge in [0.15, 0.2) is 0 Å². The number of rotatable bonds is 6. The molecule has 5 heteroatoms. The first kappa shape index (κ1) is 11.5. The van der Waals surface area contributed by atoms with Gasteiger partial charge in [-0.25, -0.2) is 0 Å². The third-order valence-corrected chi connectivity index (χ3v) is 3.41. The minimum atomic E-state index is 0.0118. The Bertz CT molecular complexity index is 328. The van der Waals surface area contributed by atoms with Crippen molar-refractivity contribution in [2.24, 2.45) is 0 Å². The number of aromatic nitrogens is 3. The summed E-state index contributed by atoms with van der Waals surface area (Å²) in [5, 5.41) is 8.12. The molecule has 1 aliphatic carbocycles. The molecule has 0 bridgehead atoms. The zero-order chi connectivity index (χ0) is 11.4. The molecule has 0 saturated heterocycles. The minimum absolute atomic E-state index is 0.0118. The fourth-order valence-corrected chi connectivity index (χ4v) is 2.10. The molecule has 0 N–H and O–H groups in total. The summed E-state index contributed by atoms with van der Waals surface area (Å²) in [5.74, 6) is 0.999. The van der Waals surface area contributed by atoms with Crippen LogP contribution in [-0.2, 0) is 22.4 Å². The number of methoxy groups -OCH3 is 2. The Labute approximate surface area is 95.8 Å². The molecule has 1 saturated carbocycles. The molecule has 2 rings (SSSR count). The van der Waals surface area contributed by atoms with Crippen LogP contribution in [0.4, 0.5) is 0 Å². The van der Waals surface area contributed by atoms with Gasteiger partial charge in [-0.1, -0.05) is 0 Å². The highest BCUT2D eigenvalue weighted by Gasteiger charge is 2.38. The molecular formula is C11H19N3O2. The predicted octanol–water partition coefficient (Wildman–Crippen LogP) is 1.04. The first-order valence-corrected chi connectivity index (χ1v) is 5.70. The van der Waals surface area contributed by atoms with Gasteiger partial charge in [0, 0.05) is 27.2 Å². The normalized spacial score (nSPS) is 18.4. The van der Waals surface area contributed by atoms with Crippen LogP contribution in [0.5, 0.6) is 0 Å². The lowest BCUT2D eigenvalue weighted by Gasteiger charge is -2.40. The fourth-order valence-electron chi connectivity index (χ4n) is 2.10. The molecular weight excluding hydrogens is 206 g/mol. The summed E-state index contributed by atoms with van der Waals surface area (Å²) >= 11 is 0. The summed E-state index contributed by atoms with van der Waals surface area (Å²) in [5.41, 5.74) is 0.0118. The van der Waals surface area contributed by atoms with Crippen LogP contribution < -0.4 is 0 Å². The van der Waals surface area contributed by atoms with Gasteiger partial charge in [-0.2, -0.15) is 0 Å². The van der Waals surface area contributed by atoms with Crippen LogP contribution in [0.3, 0.4) is 0 Å². The Morgan fingerprint density at radius 3 is 2.81 bits per heavy atom. The highest BCUT2D eigenvalue weighted by Crippen LogP contribution is 2.37. The Kier molecular flexibility index (Phi) is 3.56. The van der Waals surface area contributed by atoms with Crippen LogP contribution in [0.25, 0.3) is 0 Å². The summed E-state index contributed by atoms with van der Waals surface area (Å²) in [6.45, 7) is 1.49. The lowest BCUT2D eigenvalue weighted by atomic mass is 9.77. The number of hydrogen-bond donors (Lipinski definition) is 0. The SMILES string of the molecule is COCCn1cnnc1CC1(OC)CCC1. The van der Waals surface area contributed by atoms with Crippen molar-refractivity contribution < 1.29 is 9.47 Å². The molecule has 1 fully saturated rings. The van der Waals surface area contributed by atoms with Crippen molar-refractivity contribution in [3.05, 3.63) is 12.2 Å². The van der Waals surface area contributed by atoms with E-state index in [0.29, 0.717) is 6.61 Å². The zero-order valence-corrected chi connectivity index (χ0v) is 9.98. The first-order valence-electron chi connectivity index (χ1n) is 5.70. The molecule has 0 unspecified atom stereocenters. The number of nitrogens with zero attached hydrogens (tertiary/aromatic N) is 3. The predicted molar refractivity (Wildman–Crippen MR) is 59.2 cm³/mol. The van der Waals surface area contributed by atoms with Crippen LogP contribution in [0.1, 0.15) is 25.1 Å². The van der Waals surface area contributed by atoms with Crippen molar-refractivity contribution in [1.29, 1.82) is 0 Å². The lowest BCUT2D eigenvalue weighted by molar-refractivity contribution is -0.0727. The molecule has 0 aromatic carbocycles. The summed E-state index contributed by atoms with van der Waals surface area (Å²) in [4.78, 5) is 0. The van der Waals surface area contributed by atoms with Gasteiger partial charge in [0.2, 0.25) is 0 Å². The van der Waals surface area contributed by atoms with E-state index in [4.69, 9.17) is 9.47 Å². The van der Waals surface area contributed by atoms with Crippen molar-refractivity contribution in [3.63, 3.8) is 0 Å². The van der Waals surface area contributed by atoms with Crippen LogP contribution in [0.2, 0.25) is 0 Å². The van der Waals surface area contributed by atoms with Gasteiger partial charge >= 0.3 is 0 Å². The lowest BCUT2D eigenvalue weighted by Crippen LogP contribution is -2.42. The molecule has 16 heavy (non-hydrogen) atoms. The molecule has 0 amide bonds. The van der Waals surface area contributed by atoms with E-state index in [9.17, 15) is 0 Å². The summed E-state index contributed by atoms with van der Waals surface area (Å²) < 4.78 is 12.7. The molecule has 1 heterocycles. The maximum absolute atomic E-state index is 5.59. The van der Waals surface area contributed by atoms with E-state index in [2.05, 4.69) is 10.2 Å². The smallest absolute Gasteiger partial charge is 0.135 e. The van der Waals surface area contributed by atoms with Crippen LogP contribution in [-0.4, -0.2) is 41.2 Å². The Morgan fingerprint density at radius 1 is 1.44 bits per heavy atom. The van der Waals surface area contributed by atoms with E-state index < -0.39 is 0 Å². The molecule has 1 aromatic rings. The Morgan fingerprint density at radius 2 is 2.25 bits per heavy atom. The third kappa shape index (κ3) is 2.25. The Balaban J connectivity index is 2.00. The maximum atomic E-state index is 5.59. The largest absolute Gasteiger partial charge is 0.383 e. The number of ether oxygens (including phenoxy) is 2. The molecule has 0 atom stereocenters. The Hall–Kier alpha value is -0.940. The van der Waals surface area contributed by atoms with Crippen molar-refractivity contribution >= 4 is 0 Å². The van der Waals surface area contributed by atoms with E-state index in [0.717, 1.165) is 31.6 Å². The minimum Gasteiger partial charge on any atom is -0.383 e.